The summed E-state index contributed by atoms with van der Waals surface area (Å²) < 4.78 is 5.20. The zero-order chi connectivity index (χ0) is 20.8. The number of likely N-dealkylation sites (tertiary alicyclic amines) is 1. The Hall–Kier alpha value is -2.53. The van der Waals surface area contributed by atoms with Crippen LogP contribution in [0.3, 0.4) is 0 Å². The van der Waals surface area contributed by atoms with E-state index >= 15 is 0 Å². The molecule has 0 spiro atoms. The molecule has 0 aliphatic carbocycles. The summed E-state index contributed by atoms with van der Waals surface area (Å²) in [5, 5.41) is 3.46. The van der Waals surface area contributed by atoms with Crippen molar-refractivity contribution in [1.82, 2.24) is 4.90 Å². The molecule has 1 saturated heterocycles. The quantitative estimate of drug-likeness (QED) is 0.729. The van der Waals surface area contributed by atoms with E-state index in [0.717, 1.165) is 42.8 Å². The van der Waals surface area contributed by atoms with Crippen molar-refractivity contribution in [3.05, 3.63) is 58.6 Å². The number of rotatable bonds is 6. The number of ether oxygens (including phenoxy) is 1. The van der Waals surface area contributed by atoms with Gasteiger partial charge in [0.05, 0.1) is 17.7 Å². The number of benzene rings is 2. The number of nitrogens with one attached hydrogen (secondary N) is 1. The van der Waals surface area contributed by atoms with Crippen LogP contribution in [0.2, 0.25) is 5.02 Å². The van der Waals surface area contributed by atoms with Crippen molar-refractivity contribution >= 4 is 29.1 Å². The van der Waals surface area contributed by atoms with E-state index in [-0.39, 0.29) is 11.8 Å². The van der Waals surface area contributed by atoms with E-state index in [1.807, 2.05) is 42.2 Å². The summed E-state index contributed by atoms with van der Waals surface area (Å²) in [7, 11) is 1.62. The summed E-state index contributed by atoms with van der Waals surface area (Å²) in [6.45, 7) is 3.34. The van der Waals surface area contributed by atoms with Crippen LogP contribution in [0.5, 0.6) is 5.75 Å². The maximum absolute atomic E-state index is 12.8. The highest BCUT2D eigenvalue weighted by Crippen LogP contribution is 2.26. The van der Waals surface area contributed by atoms with Gasteiger partial charge in [0.2, 0.25) is 5.91 Å². The number of carbonyl (C=O) groups excluding carboxylic acids is 2. The number of nitrogens with zero attached hydrogens (tertiary/aromatic N) is 1. The Morgan fingerprint density at radius 2 is 2.03 bits per heavy atom. The van der Waals surface area contributed by atoms with Crippen LogP contribution in [0.1, 0.15) is 41.6 Å². The minimum atomic E-state index is -0.0291. The fourth-order valence-electron chi connectivity index (χ4n) is 3.74. The molecule has 1 aliphatic heterocycles. The first kappa shape index (κ1) is 21.2. The minimum absolute atomic E-state index is 0.00665. The van der Waals surface area contributed by atoms with Crippen molar-refractivity contribution in [2.24, 2.45) is 5.92 Å². The smallest absolute Gasteiger partial charge is 0.255 e. The third-order valence-electron chi connectivity index (χ3n) is 5.40. The highest BCUT2D eigenvalue weighted by molar-refractivity contribution is 6.33. The van der Waals surface area contributed by atoms with E-state index < -0.39 is 0 Å². The van der Waals surface area contributed by atoms with Crippen LogP contribution < -0.4 is 10.1 Å². The van der Waals surface area contributed by atoms with Gasteiger partial charge in [0.1, 0.15) is 5.75 Å². The van der Waals surface area contributed by atoms with E-state index in [0.29, 0.717) is 29.5 Å². The second-order valence-corrected chi connectivity index (χ2v) is 7.91. The lowest BCUT2D eigenvalue weighted by molar-refractivity contribution is -0.116. The molecule has 0 radical (unpaired) electrons. The van der Waals surface area contributed by atoms with Crippen LogP contribution in [0, 0.1) is 12.8 Å². The van der Waals surface area contributed by atoms with Gasteiger partial charge < -0.3 is 15.0 Å². The lowest BCUT2D eigenvalue weighted by Crippen LogP contribution is -2.40. The summed E-state index contributed by atoms with van der Waals surface area (Å²) in [4.78, 5) is 27.1. The van der Waals surface area contributed by atoms with Crippen molar-refractivity contribution in [2.75, 3.05) is 25.5 Å². The monoisotopic (exact) mass is 414 g/mol. The summed E-state index contributed by atoms with van der Waals surface area (Å²) in [6, 6.07) is 12.7. The molecule has 0 bridgehead atoms. The Morgan fingerprint density at radius 3 is 2.76 bits per heavy atom. The van der Waals surface area contributed by atoms with Crippen molar-refractivity contribution < 1.29 is 14.3 Å². The first-order valence-electron chi connectivity index (χ1n) is 9.96. The molecule has 1 aliphatic rings. The van der Waals surface area contributed by atoms with Crippen LogP contribution >= 0.6 is 11.6 Å². The van der Waals surface area contributed by atoms with Gasteiger partial charge in [-0.25, -0.2) is 0 Å². The molecule has 1 heterocycles. The lowest BCUT2D eigenvalue weighted by Gasteiger charge is -2.33. The summed E-state index contributed by atoms with van der Waals surface area (Å²) in [6.07, 6.45) is 3.17. The number of piperidine rings is 1. The number of amides is 2. The van der Waals surface area contributed by atoms with Gasteiger partial charge in [-0.3, -0.25) is 9.59 Å². The molecule has 2 aromatic rings. The standard InChI is InChI=1S/C23H27ClN2O3/c1-16-14-18(29-2)10-11-21(16)25-22(27)12-9-17-6-5-13-26(15-17)23(28)19-7-3-4-8-20(19)24/h3-4,7-8,10-11,14,17H,5-6,9,12-13,15H2,1-2H3,(H,25,27)/t17-/m1/s1. The Bertz CT molecular complexity index is 884. The number of hydrogen-bond acceptors (Lipinski definition) is 3. The number of methoxy groups -OCH3 is 1. The molecule has 3 rings (SSSR count). The van der Waals surface area contributed by atoms with Crippen molar-refractivity contribution in [1.29, 1.82) is 0 Å². The van der Waals surface area contributed by atoms with Crippen molar-refractivity contribution in [2.45, 2.75) is 32.6 Å². The Morgan fingerprint density at radius 1 is 1.24 bits per heavy atom. The summed E-state index contributed by atoms with van der Waals surface area (Å²) in [5.74, 6) is 1.05. The third kappa shape index (κ3) is 5.51. The van der Waals surface area contributed by atoms with Crippen molar-refractivity contribution in [3.63, 3.8) is 0 Å². The number of halogens is 1. The van der Waals surface area contributed by atoms with Gasteiger partial charge in [0.25, 0.3) is 5.91 Å². The molecule has 0 unspecified atom stereocenters. The Kier molecular flexibility index (Phi) is 7.15. The Balaban J connectivity index is 1.52. The van der Waals surface area contributed by atoms with E-state index in [2.05, 4.69) is 5.32 Å². The average molecular weight is 415 g/mol. The van der Waals surface area contributed by atoms with E-state index in [4.69, 9.17) is 16.3 Å². The first-order chi connectivity index (χ1) is 14.0. The van der Waals surface area contributed by atoms with E-state index in [9.17, 15) is 9.59 Å². The predicted octanol–water partition coefficient (Wildman–Crippen LogP) is 4.93. The highest BCUT2D eigenvalue weighted by atomic mass is 35.5. The maximum atomic E-state index is 12.8. The largest absolute Gasteiger partial charge is 0.497 e. The molecule has 0 saturated carbocycles. The lowest BCUT2D eigenvalue weighted by atomic mass is 9.92. The van der Waals surface area contributed by atoms with Crippen LogP contribution in [-0.4, -0.2) is 36.9 Å². The van der Waals surface area contributed by atoms with Crippen LogP contribution in [0.4, 0.5) is 5.69 Å². The van der Waals surface area contributed by atoms with Gasteiger partial charge in [-0.05, 0) is 68.0 Å². The fraction of sp³-hybridized carbons (Fsp3) is 0.391. The maximum Gasteiger partial charge on any atom is 0.255 e. The molecule has 1 N–H and O–H groups in total. The molecule has 2 amide bonds. The van der Waals surface area contributed by atoms with Gasteiger partial charge in [-0.2, -0.15) is 0 Å². The second-order valence-electron chi connectivity index (χ2n) is 7.51. The summed E-state index contributed by atoms with van der Waals surface area (Å²) in [5.41, 5.74) is 2.31. The number of carbonyl (C=O) groups is 2. The predicted molar refractivity (Wildman–Crippen MR) is 116 cm³/mol. The zero-order valence-corrected chi connectivity index (χ0v) is 17.7. The molecule has 1 fully saturated rings. The molecular formula is C23H27ClN2O3. The molecule has 1 atom stereocenters. The van der Waals surface area contributed by atoms with Crippen LogP contribution in [0.25, 0.3) is 0 Å². The number of anilines is 1. The van der Waals surface area contributed by atoms with Crippen LogP contribution in [-0.2, 0) is 4.79 Å². The Labute approximate surface area is 177 Å². The number of hydrogen-bond donors (Lipinski definition) is 1. The highest BCUT2D eigenvalue weighted by Gasteiger charge is 2.25. The molecule has 6 heteroatoms. The SMILES string of the molecule is COc1ccc(NC(=O)CC[C@H]2CCCN(C(=O)c3ccccc3Cl)C2)c(C)c1. The molecule has 5 nitrogen and oxygen atoms in total. The third-order valence-corrected chi connectivity index (χ3v) is 5.73. The molecular weight excluding hydrogens is 388 g/mol. The molecule has 154 valence electrons. The number of aryl methyl sites for hydroxylation is 1. The molecule has 2 aromatic carbocycles. The van der Waals surface area contributed by atoms with Gasteiger partial charge >= 0.3 is 0 Å². The van der Waals surface area contributed by atoms with Gasteiger partial charge in [-0.1, -0.05) is 23.7 Å². The minimum Gasteiger partial charge on any atom is -0.497 e. The van der Waals surface area contributed by atoms with Gasteiger partial charge in [0, 0.05) is 25.2 Å². The first-order valence-corrected chi connectivity index (χ1v) is 10.3. The summed E-state index contributed by atoms with van der Waals surface area (Å²) >= 11 is 6.18. The van der Waals surface area contributed by atoms with Crippen LogP contribution in [0.15, 0.2) is 42.5 Å². The molecule has 0 aromatic heterocycles. The topological polar surface area (TPSA) is 58.6 Å². The van der Waals surface area contributed by atoms with E-state index in [1.54, 1.807) is 19.2 Å². The van der Waals surface area contributed by atoms with E-state index in [1.165, 1.54) is 0 Å². The van der Waals surface area contributed by atoms with Gasteiger partial charge in [-0.15, -0.1) is 0 Å². The average Bonchev–Trinajstić information content (AvgIpc) is 2.74. The fourth-order valence-corrected chi connectivity index (χ4v) is 3.96. The normalized spacial score (nSPS) is 16.4. The zero-order valence-electron chi connectivity index (χ0n) is 16.9. The molecule has 29 heavy (non-hydrogen) atoms. The van der Waals surface area contributed by atoms with Gasteiger partial charge in [0.15, 0.2) is 0 Å². The van der Waals surface area contributed by atoms with Crippen molar-refractivity contribution in [3.8, 4) is 5.75 Å². The second kappa shape index (κ2) is 9.79.